The number of allylic oxidation sites excluding steroid dienone is 1. The van der Waals surface area contributed by atoms with E-state index in [4.69, 9.17) is 4.74 Å². The van der Waals surface area contributed by atoms with E-state index >= 15 is 0 Å². The summed E-state index contributed by atoms with van der Waals surface area (Å²) < 4.78 is 6.13. The summed E-state index contributed by atoms with van der Waals surface area (Å²) in [7, 11) is 0. The van der Waals surface area contributed by atoms with Gasteiger partial charge in [0, 0.05) is 18.8 Å². The second kappa shape index (κ2) is 7.81. The highest BCUT2D eigenvalue weighted by molar-refractivity contribution is 5.79. The highest BCUT2D eigenvalue weighted by Crippen LogP contribution is 2.66. The van der Waals surface area contributed by atoms with Gasteiger partial charge in [-0.05, 0) is 86.5 Å². The molecule has 4 aliphatic rings. The van der Waals surface area contributed by atoms with Gasteiger partial charge in [0.2, 0.25) is 0 Å². The van der Waals surface area contributed by atoms with E-state index < -0.39 is 5.79 Å². The van der Waals surface area contributed by atoms with Crippen molar-refractivity contribution in [1.82, 2.24) is 0 Å². The van der Waals surface area contributed by atoms with E-state index in [9.17, 15) is 9.90 Å². The molecule has 3 nitrogen and oxygen atoms in total. The van der Waals surface area contributed by atoms with E-state index in [0.717, 1.165) is 24.8 Å². The Hall–Kier alpha value is -1.45. The smallest absolute Gasteiger partial charge is 0.169 e. The van der Waals surface area contributed by atoms with Crippen LogP contribution in [0.4, 0.5) is 0 Å². The molecule has 4 aliphatic carbocycles. The SMILES string of the molecule is CC(=O)C1CCC2C3CC=C4CC(O)(OCc5ccc(C)cc5)CCC4(C)C3CCC12C. The number of Topliss-reactive ketones (excluding diaryl/α,β-unsaturated/α-hetero) is 1. The van der Waals surface area contributed by atoms with Gasteiger partial charge in [-0.3, -0.25) is 4.79 Å². The number of aryl methyl sites for hydroxylation is 1. The summed E-state index contributed by atoms with van der Waals surface area (Å²) in [4.78, 5) is 12.4. The maximum absolute atomic E-state index is 12.4. The van der Waals surface area contributed by atoms with Crippen LogP contribution in [-0.2, 0) is 16.1 Å². The van der Waals surface area contributed by atoms with Gasteiger partial charge in [-0.15, -0.1) is 0 Å². The van der Waals surface area contributed by atoms with Gasteiger partial charge < -0.3 is 9.84 Å². The van der Waals surface area contributed by atoms with Crippen molar-refractivity contribution in [2.45, 2.75) is 91.5 Å². The zero-order valence-corrected chi connectivity index (χ0v) is 20.3. The molecule has 0 aromatic heterocycles. The van der Waals surface area contributed by atoms with Crippen molar-refractivity contribution in [3.8, 4) is 0 Å². The number of carbonyl (C=O) groups is 1. The Balaban J connectivity index is 1.32. The van der Waals surface area contributed by atoms with Gasteiger partial charge in [-0.25, -0.2) is 0 Å². The number of ether oxygens (including phenoxy) is 1. The normalized spacial score (nSPS) is 43.1. The summed E-state index contributed by atoms with van der Waals surface area (Å²) in [5, 5.41) is 11.3. The van der Waals surface area contributed by atoms with E-state index in [-0.39, 0.29) is 16.7 Å². The lowest BCUT2D eigenvalue weighted by Gasteiger charge is -2.58. The molecule has 7 atom stereocenters. The molecule has 0 heterocycles. The molecule has 0 saturated heterocycles. The van der Waals surface area contributed by atoms with Crippen molar-refractivity contribution >= 4 is 5.78 Å². The van der Waals surface area contributed by atoms with Crippen LogP contribution < -0.4 is 0 Å². The van der Waals surface area contributed by atoms with Gasteiger partial charge in [0.25, 0.3) is 0 Å². The summed E-state index contributed by atoms with van der Waals surface area (Å²) in [6.07, 6.45) is 10.6. The van der Waals surface area contributed by atoms with Crippen molar-refractivity contribution in [2.75, 3.05) is 0 Å². The minimum Gasteiger partial charge on any atom is -0.365 e. The second-order valence-corrected chi connectivity index (χ2v) is 11.9. The van der Waals surface area contributed by atoms with E-state index in [0.29, 0.717) is 43.0 Å². The molecule has 3 heteroatoms. The first-order chi connectivity index (χ1) is 15.1. The Morgan fingerprint density at radius 2 is 1.81 bits per heavy atom. The van der Waals surface area contributed by atoms with Crippen molar-refractivity contribution in [1.29, 1.82) is 0 Å². The number of ketones is 1. The Morgan fingerprint density at radius 1 is 1.06 bits per heavy atom. The highest BCUT2D eigenvalue weighted by Gasteiger charge is 2.60. The lowest BCUT2D eigenvalue weighted by atomic mass is 9.47. The Bertz CT molecular complexity index is 917. The Kier molecular flexibility index (Phi) is 5.45. The molecule has 1 aromatic rings. The maximum Gasteiger partial charge on any atom is 0.169 e. The van der Waals surface area contributed by atoms with Gasteiger partial charge >= 0.3 is 0 Å². The fourth-order valence-electron chi connectivity index (χ4n) is 8.31. The van der Waals surface area contributed by atoms with E-state index in [1.54, 1.807) is 0 Å². The standard InChI is InChI=1S/C29H40O3/c1-19-5-7-21(8-6-19)18-32-29(31)16-15-27(3)22(17-29)9-10-23-25-12-11-24(20(2)30)28(25,4)14-13-26(23)27/h5-9,23-26,31H,10-18H2,1-4H3. The van der Waals surface area contributed by atoms with Crippen molar-refractivity contribution in [3.63, 3.8) is 0 Å². The highest BCUT2D eigenvalue weighted by atomic mass is 16.6. The predicted octanol–water partition coefficient (Wildman–Crippen LogP) is 6.37. The van der Waals surface area contributed by atoms with Crippen LogP contribution in [0.3, 0.4) is 0 Å². The molecule has 0 spiro atoms. The molecule has 3 saturated carbocycles. The monoisotopic (exact) mass is 436 g/mol. The fourth-order valence-corrected chi connectivity index (χ4v) is 8.31. The van der Waals surface area contributed by atoms with Crippen LogP contribution >= 0.6 is 0 Å². The van der Waals surface area contributed by atoms with Gasteiger partial charge in [0.05, 0.1) is 6.61 Å². The van der Waals surface area contributed by atoms with Crippen LogP contribution in [0, 0.1) is 41.4 Å². The van der Waals surface area contributed by atoms with E-state index in [1.807, 2.05) is 6.92 Å². The van der Waals surface area contributed by atoms with E-state index in [2.05, 4.69) is 51.1 Å². The number of benzene rings is 1. The summed E-state index contributed by atoms with van der Waals surface area (Å²) in [6.45, 7) is 9.22. The number of rotatable bonds is 4. The zero-order chi connectivity index (χ0) is 22.7. The topological polar surface area (TPSA) is 46.5 Å². The minimum absolute atomic E-state index is 0.165. The number of hydrogen-bond acceptors (Lipinski definition) is 3. The van der Waals surface area contributed by atoms with Crippen LogP contribution in [0.15, 0.2) is 35.9 Å². The number of hydrogen-bond donors (Lipinski definition) is 1. The Morgan fingerprint density at radius 3 is 2.53 bits per heavy atom. The molecule has 0 aliphatic heterocycles. The minimum atomic E-state index is -1.06. The molecule has 0 amide bonds. The van der Waals surface area contributed by atoms with Gasteiger partial charge in [0.15, 0.2) is 5.79 Å². The lowest BCUT2D eigenvalue weighted by Crippen LogP contribution is -2.52. The van der Waals surface area contributed by atoms with Crippen LogP contribution in [0.25, 0.3) is 0 Å². The molecule has 7 unspecified atom stereocenters. The molecule has 1 aromatic carbocycles. The third-order valence-corrected chi connectivity index (χ3v) is 10.2. The van der Waals surface area contributed by atoms with E-state index in [1.165, 1.54) is 30.4 Å². The largest absolute Gasteiger partial charge is 0.365 e. The van der Waals surface area contributed by atoms with Gasteiger partial charge in [0.1, 0.15) is 5.78 Å². The first-order valence-corrected chi connectivity index (χ1v) is 12.8. The quantitative estimate of drug-likeness (QED) is 0.441. The molecule has 32 heavy (non-hydrogen) atoms. The molecule has 174 valence electrons. The molecule has 0 radical (unpaired) electrons. The summed E-state index contributed by atoms with van der Waals surface area (Å²) in [5.41, 5.74) is 4.13. The maximum atomic E-state index is 12.4. The third kappa shape index (κ3) is 3.51. The fraction of sp³-hybridized carbons (Fsp3) is 0.690. The summed E-state index contributed by atoms with van der Waals surface area (Å²) >= 11 is 0. The van der Waals surface area contributed by atoms with Crippen molar-refractivity contribution in [2.24, 2.45) is 34.5 Å². The number of fused-ring (bicyclic) bond motifs is 5. The number of carbonyl (C=O) groups excluding carboxylic acids is 1. The molecular weight excluding hydrogens is 396 g/mol. The Labute approximate surface area is 193 Å². The van der Waals surface area contributed by atoms with Crippen LogP contribution in [0.1, 0.15) is 83.3 Å². The van der Waals surface area contributed by atoms with Crippen LogP contribution in [0.5, 0.6) is 0 Å². The second-order valence-electron chi connectivity index (χ2n) is 11.9. The van der Waals surface area contributed by atoms with Crippen molar-refractivity contribution in [3.05, 3.63) is 47.0 Å². The third-order valence-electron chi connectivity index (χ3n) is 10.2. The van der Waals surface area contributed by atoms with Crippen LogP contribution in [0.2, 0.25) is 0 Å². The van der Waals surface area contributed by atoms with Gasteiger partial charge in [-0.2, -0.15) is 0 Å². The molecule has 1 N–H and O–H groups in total. The molecule has 3 fully saturated rings. The van der Waals surface area contributed by atoms with Crippen LogP contribution in [-0.4, -0.2) is 16.7 Å². The first-order valence-electron chi connectivity index (χ1n) is 12.8. The van der Waals surface area contributed by atoms with Crippen molar-refractivity contribution < 1.29 is 14.6 Å². The predicted molar refractivity (Wildman–Crippen MR) is 127 cm³/mol. The number of aliphatic hydroxyl groups is 1. The summed E-state index contributed by atoms with van der Waals surface area (Å²) in [5.74, 6) is 1.64. The molecular formula is C29H40O3. The summed E-state index contributed by atoms with van der Waals surface area (Å²) in [6, 6.07) is 8.37. The van der Waals surface area contributed by atoms with Gasteiger partial charge in [-0.1, -0.05) is 55.3 Å². The molecule has 0 bridgehead atoms. The zero-order valence-electron chi connectivity index (χ0n) is 20.3. The first kappa shape index (κ1) is 22.3. The average Bonchev–Trinajstić information content (AvgIpc) is 3.12. The molecule has 5 rings (SSSR count). The average molecular weight is 437 g/mol. The lowest BCUT2D eigenvalue weighted by molar-refractivity contribution is -0.231.